The molecule has 0 aliphatic carbocycles. The first-order valence-electron chi connectivity index (χ1n) is 11.8. The smallest absolute Gasteiger partial charge is 0.308 e. The third kappa shape index (κ3) is 4.28. The summed E-state index contributed by atoms with van der Waals surface area (Å²) >= 11 is 0. The first kappa shape index (κ1) is 25.4. The molecule has 1 unspecified atom stereocenters. The predicted molar refractivity (Wildman–Crippen MR) is 147 cm³/mol. The zero-order chi connectivity index (χ0) is 27.0. The average Bonchev–Trinajstić information content (AvgIpc) is 3.28. The van der Waals surface area contributed by atoms with Crippen LogP contribution in [0.1, 0.15) is 27.7 Å². The van der Waals surface area contributed by atoms with Crippen molar-refractivity contribution in [2.45, 2.75) is 6.10 Å². The highest BCUT2D eigenvalue weighted by Gasteiger charge is 2.30. The lowest BCUT2D eigenvalue weighted by atomic mass is 9.95. The number of aliphatic hydroxyl groups is 1. The first-order valence-corrected chi connectivity index (χ1v) is 13.2. The lowest BCUT2D eigenvalue weighted by Crippen LogP contribution is -2.28. The second-order valence-corrected chi connectivity index (χ2v) is 10.8. The highest BCUT2D eigenvalue weighted by atomic mass is 32.2. The number of carbonyl (C=O) groups excluding carboxylic acids is 1. The van der Waals surface area contributed by atoms with Gasteiger partial charge in [0.15, 0.2) is 0 Å². The lowest BCUT2D eigenvalue weighted by Gasteiger charge is -2.18. The van der Waals surface area contributed by atoms with Crippen molar-refractivity contribution in [1.82, 2.24) is 13.3 Å². The van der Waals surface area contributed by atoms with Gasteiger partial charge in [0.05, 0.1) is 24.3 Å². The molecule has 9 nitrogen and oxygen atoms in total. The number of carbonyl (C=O) groups is 1. The van der Waals surface area contributed by atoms with E-state index in [0.29, 0.717) is 33.3 Å². The van der Waals surface area contributed by atoms with Crippen LogP contribution < -0.4 is 10.1 Å². The Morgan fingerprint density at radius 1 is 0.974 bits per heavy atom. The van der Waals surface area contributed by atoms with E-state index < -0.39 is 22.2 Å². The van der Waals surface area contributed by atoms with Gasteiger partial charge in [0.25, 0.3) is 5.91 Å². The topological polar surface area (TPSA) is 114 Å². The Kier molecular flexibility index (Phi) is 6.62. The van der Waals surface area contributed by atoms with Crippen LogP contribution in [0.2, 0.25) is 0 Å². The molecule has 1 atom stereocenters. The zero-order valence-corrected chi connectivity index (χ0v) is 21.8. The van der Waals surface area contributed by atoms with E-state index in [0.717, 1.165) is 4.31 Å². The molecular weight excluding hydrogens is 504 g/mol. The van der Waals surface area contributed by atoms with E-state index in [1.807, 2.05) is 6.07 Å². The van der Waals surface area contributed by atoms with Crippen molar-refractivity contribution < 1.29 is 23.1 Å². The van der Waals surface area contributed by atoms with Crippen molar-refractivity contribution in [3.63, 3.8) is 0 Å². The highest BCUT2D eigenvalue weighted by molar-refractivity contribution is 7.87. The molecule has 5 aromatic rings. The van der Waals surface area contributed by atoms with Crippen LogP contribution in [0, 0.1) is 0 Å². The molecule has 38 heavy (non-hydrogen) atoms. The number of nitrogens with zero attached hydrogens (tertiary/aromatic N) is 3. The minimum Gasteiger partial charge on any atom is -0.497 e. The molecule has 0 aliphatic heterocycles. The SMILES string of the molecule is COc1ccc(C(O)c2c(C(=O)Nc3ccccc3)ncc3c2c2ccccc2n3S(=O)(=O)N(C)C)cc1. The molecule has 0 saturated heterocycles. The molecule has 0 fully saturated rings. The van der Waals surface area contributed by atoms with Gasteiger partial charge in [0.2, 0.25) is 0 Å². The van der Waals surface area contributed by atoms with Gasteiger partial charge < -0.3 is 15.2 Å². The van der Waals surface area contributed by atoms with E-state index in [-0.39, 0.29) is 16.8 Å². The number of fused-ring (bicyclic) bond motifs is 3. The molecule has 0 saturated carbocycles. The van der Waals surface area contributed by atoms with Gasteiger partial charge in [-0.3, -0.25) is 4.79 Å². The average molecular weight is 531 g/mol. The number of amides is 1. The molecule has 1 amide bonds. The quantitative estimate of drug-likeness (QED) is 0.326. The van der Waals surface area contributed by atoms with Crippen LogP contribution in [0.4, 0.5) is 5.69 Å². The fraction of sp³-hybridized carbons (Fsp3) is 0.143. The third-order valence-electron chi connectivity index (χ3n) is 6.35. The number of aliphatic hydroxyl groups excluding tert-OH is 1. The van der Waals surface area contributed by atoms with E-state index in [1.54, 1.807) is 79.9 Å². The Hall–Kier alpha value is -4.25. The maximum Gasteiger partial charge on any atom is 0.308 e. The summed E-state index contributed by atoms with van der Waals surface area (Å²) in [5.74, 6) is 0.0703. The summed E-state index contributed by atoms with van der Waals surface area (Å²) in [6, 6.07) is 22.7. The van der Waals surface area contributed by atoms with Crippen molar-refractivity contribution in [2.24, 2.45) is 0 Å². The molecule has 2 aromatic heterocycles. The van der Waals surface area contributed by atoms with E-state index in [1.165, 1.54) is 24.3 Å². The van der Waals surface area contributed by atoms with Crippen LogP contribution >= 0.6 is 0 Å². The van der Waals surface area contributed by atoms with E-state index in [4.69, 9.17) is 4.74 Å². The Morgan fingerprint density at radius 3 is 2.29 bits per heavy atom. The number of methoxy groups -OCH3 is 1. The zero-order valence-electron chi connectivity index (χ0n) is 21.0. The molecule has 0 aliphatic rings. The number of nitrogens with one attached hydrogen (secondary N) is 1. The monoisotopic (exact) mass is 530 g/mol. The van der Waals surface area contributed by atoms with Gasteiger partial charge in [-0.15, -0.1) is 0 Å². The minimum absolute atomic E-state index is 0.0187. The van der Waals surface area contributed by atoms with Gasteiger partial charge >= 0.3 is 10.2 Å². The standard InChI is InChI=1S/C28H26N4O5S/c1-31(2)38(35,36)32-22-12-8-7-11-21(22)24-23(32)17-29-26(28(34)30-19-9-5-4-6-10-19)25(24)27(33)18-13-15-20(37-3)16-14-18/h4-17,27,33H,1-3H3,(H,30,34). The summed E-state index contributed by atoms with van der Waals surface area (Å²) in [6.07, 6.45) is 0.0653. The van der Waals surface area contributed by atoms with Crippen LogP contribution in [0.25, 0.3) is 21.8 Å². The molecular formula is C28H26N4O5S. The van der Waals surface area contributed by atoms with Crippen molar-refractivity contribution in [2.75, 3.05) is 26.5 Å². The summed E-state index contributed by atoms with van der Waals surface area (Å²) in [5, 5.41) is 15.5. The molecule has 3 aromatic carbocycles. The molecule has 2 N–H and O–H groups in total. The third-order valence-corrected chi connectivity index (χ3v) is 8.13. The molecule has 0 radical (unpaired) electrons. The fourth-order valence-corrected chi connectivity index (χ4v) is 5.59. The van der Waals surface area contributed by atoms with Crippen LogP contribution in [-0.2, 0) is 10.2 Å². The summed E-state index contributed by atoms with van der Waals surface area (Å²) in [5.41, 5.74) is 1.88. The highest BCUT2D eigenvalue weighted by Crippen LogP contribution is 2.39. The number of para-hydroxylation sites is 2. The number of anilines is 1. The minimum atomic E-state index is -3.97. The molecule has 5 rings (SSSR count). The van der Waals surface area contributed by atoms with Gasteiger partial charge in [-0.25, -0.2) is 8.96 Å². The maximum absolute atomic E-state index is 13.5. The summed E-state index contributed by atoms with van der Waals surface area (Å²) in [6.45, 7) is 0. The fourth-order valence-electron chi connectivity index (χ4n) is 4.47. The van der Waals surface area contributed by atoms with Gasteiger partial charge in [0, 0.05) is 36.1 Å². The number of benzene rings is 3. The van der Waals surface area contributed by atoms with Gasteiger partial charge in [-0.1, -0.05) is 48.5 Å². The number of pyridine rings is 1. The van der Waals surface area contributed by atoms with Crippen molar-refractivity contribution in [3.8, 4) is 5.75 Å². The second kappa shape index (κ2) is 9.90. The number of hydrogen-bond acceptors (Lipinski definition) is 6. The van der Waals surface area contributed by atoms with Gasteiger partial charge in [-0.2, -0.15) is 12.7 Å². The van der Waals surface area contributed by atoms with Crippen molar-refractivity contribution >= 4 is 43.6 Å². The van der Waals surface area contributed by atoms with Crippen LogP contribution in [0.5, 0.6) is 5.75 Å². The number of rotatable bonds is 7. The van der Waals surface area contributed by atoms with E-state index >= 15 is 0 Å². The Bertz CT molecular complexity index is 1750. The molecule has 2 heterocycles. The largest absolute Gasteiger partial charge is 0.497 e. The van der Waals surface area contributed by atoms with Crippen LogP contribution in [0.3, 0.4) is 0 Å². The molecule has 10 heteroatoms. The Labute approximate surface area is 220 Å². The maximum atomic E-state index is 13.5. The van der Waals surface area contributed by atoms with Crippen LogP contribution in [0.15, 0.2) is 85.1 Å². The summed E-state index contributed by atoms with van der Waals surface area (Å²) in [7, 11) is 0.456. The predicted octanol–water partition coefficient (Wildman–Crippen LogP) is 4.19. The van der Waals surface area contributed by atoms with Crippen molar-refractivity contribution in [3.05, 3.63) is 102 Å². The normalized spacial score (nSPS) is 12.7. The second-order valence-electron chi connectivity index (χ2n) is 8.85. The Balaban J connectivity index is 1.83. The first-order chi connectivity index (χ1) is 18.2. The Morgan fingerprint density at radius 2 is 1.63 bits per heavy atom. The number of hydrogen-bond donors (Lipinski definition) is 2. The summed E-state index contributed by atoms with van der Waals surface area (Å²) < 4.78 is 34.4. The number of ether oxygens (including phenoxy) is 1. The molecule has 0 bridgehead atoms. The number of aromatic nitrogens is 2. The lowest BCUT2D eigenvalue weighted by molar-refractivity contribution is 0.101. The molecule has 194 valence electrons. The van der Waals surface area contributed by atoms with Crippen molar-refractivity contribution in [1.29, 1.82) is 0 Å². The summed E-state index contributed by atoms with van der Waals surface area (Å²) in [4.78, 5) is 17.9. The van der Waals surface area contributed by atoms with Crippen LogP contribution in [-0.4, -0.2) is 53.9 Å². The van der Waals surface area contributed by atoms with Gasteiger partial charge in [0.1, 0.15) is 17.5 Å². The van der Waals surface area contributed by atoms with E-state index in [2.05, 4.69) is 10.3 Å². The molecule has 0 spiro atoms. The van der Waals surface area contributed by atoms with E-state index in [9.17, 15) is 18.3 Å². The van der Waals surface area contributed by atoms with Gasteiger partial charge in [-0.05, 0) is 35.9 Å².